The van der Waals surface area contributed by atoms with Crippen LogP contribution in [0.4, 0.5) is 0 Å². The van der Waals surface area contributed by atoms with E-state index < -0.39 is 5.97 Å². The molecule has 0 aliphatic carbocycles. The number of hydrogen-bond donors (Lipinski definition) is 1. The van der Waals surface area contributed by atoms with Gasteiger partial charge < -0.3 is 5.11 Å². The van der Waals surface area contributed by atoms with Gasteiger partial charge in [0.2, 0.25) is 0 Å². The number of hydrogen-bond acceptors (Lipinski definition) is 1. The van der Waals surface area contributed by atoms with Gasteiger partial charge in [-0.2, -0.15) is 0 Å². The van der Waals surface area contributed by atoms with Crippen LogP contribution in [0.25, 0.3) is 0 Å². The molecule has 1 rings (SSSR count). The Morgan fingerprint density at radius 2 is 1.88 bits per heavy atom. The monoisotopic (exact) mass is 220 g/mol. The average Bonchev–Trinajstić information content (AvgIpc) is 2.27. The van der Waals surface area contributed by atoms with Gasteiger partial charge >= 0.3 is 5.97 Å². The van der Waals surface area contributed by atoms with E-state index in [1.807, 2.05) is 6.92 Å². The van der Waals surface area contributed by atoms with Gasteiger partial charge in [-0.25, -0.2) is 0 Å². The molecule has 1 atom stereocenters. The Labute approximate surface area is 97.3 Å². The van der Waals surface area contributed by atoms with Crippen LogP contribution >= 0.6 is 0 Å². The summed E-state index contributed by atoms with van der Waals surface area (Å²) in [4.78, 5) is 10.7. The molecule has 0 bridgehead atoms. The van der Waals surface area contributed by atoms with Crippen molar-refractivity contribution in [1.82, 2.24) is 0 Å². The lowest BCUT2D eigenvalue weighted by atomic mass is 9.92. The lowest BCUT2D eigenvalue weighted by Crippen LogP contribution is -2.05. The van der Waals surface area contributed by atoms with E-state index >= 15 is 0 Å². The zero-order valence-electron chi connectivity index (χ0n) is 10.1. The highest BCUT2D eigenvalue weighted by atomic mass is 16.4. The van der Waals surface area contributed by atoms with Crippen molar-refractivity contribution in [2.45, 2.75) is 45.4 Å². The molecule has 2 nitrogen and oxygen atoms in total. The van der Waals surface area contributed by atoms with Gasteiger partial charge in [-0.15, -0.1) is 0 Å². The summed E-state index contributed by atoms with van der Waals surface area (Å²) in [6.45, 7) is 4.20. The number of aliphatic carboxylic acids is 1. The van der Waals surface area contributed by atoms with Gasteiger partial charge in [0, 0.05) is 0 Å². The molecule has 1 N–H and O–H groups in total. The van der Waals surface area contributed by atoms with Crippen molar-refractivity contribution in [3.05, 3.63) is 35.4 Å². The zero-order valence-corrected chi connectivity index (χ0v) is 10.1. The van der Waals surface area contributed by atoms with Crippen LogP contribution in [-0.4, -0.2) is 11.1 Å². The Bertz CT molecular complexity index is 327. The van der Waals surface area contributed by atoms with E-state index in [4.69, 9.17) is 5.11 Å². The second-order valence-electron chi connectivity index (χ2n) is 4.19. The van der Waals surface area contributed by atoms with Gasteiger partial charge in [0.25, 0.3) is 0 Å². The number of rotatable bonds is 6. The Kier molecular flexibility index (Phi) is 5.03. The van der Waals surface area contributed by atoms with Crippen LogP contribution in [0.3, 0.4) is 0 Å². The number of benzene rings is 1. The van der Waals surface area contributed by atoms with Crippen LogP contribution < -0.4 is 0 Å². The molecule has 1 aromatic rings. The topological polar surface area (TPSA) is 37.3 Å². The Hall–Kier alpha value is -1.31. The molecule has 0 aliphatic heterocycles. The van der Waals surface area contributed by atoms with E-state index in [0.717, 1.165) is 24.8 Å². The summed E-state index contributed by atoms with van der Waals surface area (Å²) in [5.74, 6) is -0.572. The van der Waals surface area contributed by atoms with Crippen molar-refractivity contribution >= 4 is 5.97 Å². The van der Waals surface area contributed by atoms with Gasteiger partial charge in [0.15, 0.2) is 0 Å². The third kappa shape index (κ3) is 3.69. The lowest BCUT2D eigenvalue weighted by molar-refractivity contribution is -0.137. The van der Waals surface area contributed by atoms with E-state index in [9.17, 15) is 4.79 Å². The van der Waals surface area contributed by atoms with Gasteiger partial charge in [0.05, 0.1) is 6.42 Å². The highest BCUT2D eigenvalue weighted by Gasteiger charge is 2.13. The number of carbonyl (C=O) groups is 1. The summed E-state index contributed by atoms with van der Waals surface area (Å²) in [5, 5.41) is 8.82. The molecular formula is C14H20O2. The fraction of sp³-hybridized carbons (Fsp3) is 0.500. The first-order chi connectivity index (χ1) is 7.67. The predicted octanol–water partition coefficient (Wildman–Crippen LogP) is 3.61. The second kappa shape index (κ2) is 6.31. The minimum atomic E-state index is -0.718. The molecule has 2 heteroatoms. The van der Waals surface area contributed by atoms with E-state index in [1.54, 1.807) is 0 Å². The largest absolute Gasteiger partial charge is 0.481 e. The van der Waals surface area contributed by atoms with Crippen molar-refractivity contribution in [3.8, 4) is 0 Å². The summed E-state index contributed by atoms with van der Waals surface area (Å²) in [7, 11) is 0. The van der Waals surface area contributed by atoms with Gasteiger partial charge in [-0.3, -0.25) is 4.79 Å². The lowest BCUT2D eigenvalue weighted by Gasteiger charge is -2.13. The van der Waals surface area contributed by atoms with E-state index in [2.05, 4.69) is 31.2 Å². The van der Waals surface area contributed by atoms with Crippen molar-refractivity contribution < 1.29 is 9.90 Å². The third-order valence-electron chi connectivity index (χ3n) is 2.90. The molecule has 0 fully saturated rings. The molecule has 0 saturated carbocycles. The van der Waals surface area contributed by atoms with Crippen molar-refractivity contribution in [3.63, 3.8) is 0 Å². The average molecular weight is 220 g/mol. The van der Waals surface area contributed by atoms with Crippen molar-refractivity contribution in [2.75, 3.05) is 0 Å². The molecule has 88 valence electrons. The molecule has 0 heterocycles. The first-order valence-corrected chi connectivity index (χ1v) is 5.98. The Morgan fingerprint density at radius 1 is 1.25 bits per heavy atom. The summed E-state index contributed by atoms with van der Waals surface area (Å²) < 4.78 is 0. The predicted molar refractivity (Wildman–Crippen MR) is 65.7 cm³/mol. The highest BCUT2D eigenvalue weighted by Crippen LogP contribution is 2.23. The first kappa shape index (κ1) is 12.8. The molecule has 0 amide bonds. The maximum atomic E-state index is 10.7. The summed E-state index contributed by atoms with van der Waals surface area (Å²) in [6.07, 6.45) is 3.34. The van der Waals surface area contributed by atoms with Crippen LogP contribution in [0.2, 0.25) is 0 Å². The Morgan fingerprint density at radius 3 is 2.31 bits per heavy atom. The fourth-order valence-electron chi connectivity index (χ4n) is 1.95. The van der Waals surface area contributed by atoms with Crippen LogP contribution in [-0.2, 0) is 11.2 Å². The maximum absolute atomic E-state index is 10.7. The van der Waals surface area contributed by atoms with Crippen molar-refractivity contribution in [2.24, 2.45) is 0 Å². The first-order valence-electron chi connectivity index (χ1n) is 5.98. The number of aryl methyl sites for hydroxylation is 1. The molecule has 0 aliphatic rings. The molecule has 0 saturated heterocycles. The molecule has 16 heavy (non-hydrogen) atoms. The van der Waals surface area contributed by atoms with Gasteiger partial charge in [-0.05, 0) is 29.9 Å². The van der Waals surface area contributed by atoms with E-state index in [0.29, 0.717) is 0 Å². The molecule has 0 aromatic heterocycles. The molecule has 0 radical (unpaired) electrons. The van der Waals surface area contributed by atoms with Crippen LogP contribution in [0.1, 0.15) is 50.2 Å². The maximum Gasteiger partial charge on any atom is 0.303 e. The van der Waals surface area contributed by atoms with E-state index in [-0.39, 0.29) is 12.3 Å². The Balaban J connectivity index is 2.73. The third-order valence-corrected chi connectivity index (χ3v) is 2.90. The smallest absolute Gasteiger partial charge is 0.303 e. The normalized spacial score (nSPS) is 12.4. The molecular weight excluding hydrogens is 200 g/mol. The van der Waals surface area contributed by atoms with Gasteiger partial charge in [0.1, 0.15) is 0 Å². The van der Waals surface area contributed by atoms with Gasteiger partial charge in [-0.1, -0.05) is 44.5 Å². The minimum absolute atomic E-state index is 0.146. The van der Waals surface area contributed by atoms with Crippen LogP contribution in [0.5, 0.6) is 0 Å². The molecule has 1 unspecified atom stereocenters. The quantitative estimate of drug-likeness (QED) is 0.795. The summed E-state index contributed by atoms with van der Waals surface area (Å²) in [6, 6.07) is 8.37. The standard InChI is InChI=1S/C14H20O2/c1-3-5-11-6-8-13(9-7-11)12(4-2)10-14(15)16/h6-9,12H,3-5,10H2,1-2H3,(H,15,16). The summed E-state index contributed by atoms with van der Waals surface area (Å²) >= 11 is 0. The van der Waals surface area contributed by atoms with Crippen molar-refractivity contribution in [1.29, 1.82) is 0 Å². The summed E-state index contributed by atoms with van der Waals surface area (Å²) in [5.41, 5.74) is 2.47. The SMILES string of the molecule is CCCc1ccc(C(CC)CC(=O)O)cc1. The number of carboxylic acids is 1. The molecule has 0 spiro atoms. The van der Waals surface area contributed by atoms with E-state index in [1.165, 1.54) is 5.56 Å². The minimum Gasteiger partial charge on any atom is -0.481 e. The second-order valence-corrected chi connectivity index (χ2v) is 4.19. The zero-order chi connectivity index (χ0) is 12.0. The highest BCUT2D eigenvalue weighted by molar-refractivity contribution is 5.68. The number of carboxylic acid groups (broad SMARTS) is 1. The fourth-order valence-corrected chi connectivity index (χ4v) is 1.95. The molecule has 1 aromatic carbocycles. The van der Waals surface area contributed by atoms with Crippen LogP contribution in [0.15, 0.2) is 24.3 Å². The van der Waals surface area contributed by atoms with Crippen LogP contribution in [0, 0.1) is 0 Å².